The second-order valence-electron chi connectivity index (χ2n) is 3.15. The van der Waals surface area contributed by atoms with Gasteiger partial charge in [0.15, 0.2) is 6.29 Å². The summed E-state index contributed by atoms with van der Waals surface area (Å²) in [5, 5.41) is 0.590. The van der Waals surface area contributed by atoms with Crippen molar-refractivity contribution in [1.82, 2.24) is 4.90 Å². The van der Waals surface area contributed by atoms with Gasteiger partial charge in [-0.15, -0.1) is 0 Å². The second-order valence-corrected chi connectivity index (χ2v) is 3.55. The van der Waals surface area contributed by atoms with Gasteiger partial charge in [-0.05, 0) is 6.07 Å². The van der Waals surface area contributed by atoms with Crippen LogP contribution >= 0.6 is 11.6 Å². The summed E-state index contributed by atoms with van der Waals surface area (Å²) in [6, 6.07) is 7.29. The molecule has 0 bridgehead atoms. The maximum atomic E-state index is 10.8. The molecule has 0 atom stereocenters. The predicted octanol–water partition coefficient (Wildman–Crippen LogP) is 2.44. The Morgan fingerprint density at radius 1 is 1.36 bits per heavy atom. The van der Waals surface area contributed by atoms with E-state index in [2.05, 4.69) is 0 Å². The molecule has 0 saturated carbocycles. The molecular formula is C11H12ClNO. The highest BCUT2D eigenvalue weighted by Crippen LogP contribution is 2.22. The van der Waals surface area contributed by atoms with Crippen LogP contribution in [0.3, 0.4) is 0 Å². The number of hydrogen-bond donors (Lipinski definition) is 0. The minimum absolute atomic E-state index is 0.584. The van der Waals surface area contributed by atoms with E-state index in [-0.39, 0.29) is 0 Å². The zero-order chi connectivity index (χ0) is 10.6. The van der Waals surface area contributed by atoms with Gasteiger partial charge < -0.3 is 4.90 Å². The summed E-state index contributed by atoms with van der Waals surface area (Å²) in [7, 11) is 3.72. The maximum absolute atomic E-state index is 10.8. The zero-order valence-corrected chi connectivity index (χ0v) is 8.95. The van der Waals surface area contributed by atoms with Gasteiger partial charge in [0.25, 0.3) is 0 Å². The Kier molecular flexibility index (Phi) is 3.72. The first-order valence-electron chi connectivity index (χ1n) is 4.23. The molecule has 0 aliphatic rings. The van der Waals surface area contributed by atoms with Gasteiger partial charge in [0.2, 0.25) is 0 Å². The van der Waals surface area contributed by atoms with E-state index in [9.17, 15) is 4.79 Å². The smallest absolute Gasteiger partial charge is 0.152 e. The van der Waals surface area contributed by atoms with Crippen molar-refractivity contribution >= 4 is 23.5 Å². The Morgan fingerprint density at radius 3 is 2.50 bits per heavy atom. The van der Waals surface area contributed by atoms with E-state index < -0.39 is 0 Å². The van der Waals surface area contributed by atoms with Gasteiger partial charge in [-0.25, -0.2) is 0 Å². The molecule has 2 nitrogen and oxygen atoms in total. The lowest BCUT2D eigenvalue weighted by molar-refractivity contribution is -0.103. The lowest BCUT2D eigenvalue weighted by Gasteiger charge is -2.08. The van der Waals surface area contributed by atoms with E-state index in [1.165, 1.54) is 0 Å². The van der Waals surface area contributed by atoms with Crippen LogP contribution in [0.1, 0.15) is 5.56 Å². The molecular weight excluding hydrogens is 198 g/mol. The summed E-state index contributed by atoms with van der Waals surface area (Å²) in [6.07, 6.45) is 2.55. The maximum Gasteiger partial charge on any atom is 0.152 e. The van der Waals surface area contributed by atoms with E-state index in [0.717, 1.165) is 11.8 Å². The lowest BCUT2D eigenvalue weighted by atomic mass is 10.1. The van der Waals surface area contributed by atoms with Gasteiger partial charge in [0.1, 0.15) is 0 Å². The molecule has 74 valence electrons. The second kappa shape index (κ2) is 4.82. The van der Waals surface area contributed by atoms with Crippen molar-refractivity contribution in [2.24, 2.45) is 0 Å². The standard InChI is InChI=1S/C11H12ClNO/c1-13(2)7-9(8-14)10-5-3-4-6-11(10)12/h3-8H,1-2H3. The number of rotatable bonds is 3. The summed E-state index contributed by atoms with van der Waals surface area (Å²) in [4.78, 5) is 12.7. The summed E-state index contributed by atoms with van der Waals surface area (Å²) in [5.41, 5.74) is 1.35. The third-order valence-electron chi connectivity index (χ3n) is 1.71. The summed E-state index contributed by atoms with van der Waals surface area (Å²) >= 11 is 5.96. The van der Waals surface area contributed by atoms with Crippen molar-refractivity contribution in [3.63, 3.8) is 0 Å². The highest BCUT2D eigenvalue weighted by Gasteiger charge is 2.04. The highest BCUT2D eigenvalue weighted by molar-refractivity contribution is 6.33. The average molecular weight is 210 g/mol. The van der Waals surface area contributed by atoms with E-state index in [4.69, 9.17) is 11.6 Å². The van der Waals surface area contributed by atoms with Gasteiger partial charge in [-0.2, -0.15) is 0 Å². The third-order valence-corrected chi connectivity index (χ3v) is 2.04. The molecule has 0 spiro atoms. The first-order chi connectivity index (χ1) is 6.65. The topological polar surface area (TPSA) is 20.3 Å². The molecule has 3 heteroatoms. The summed E-state index contributed by atoms with van der Waals surface area (Å²) < 4.78 is 0. The number of benzene rings is 1. The van der Waals surface area contributed by atoms with Crippen LogP contribution in [-0.4, -0.2) is 25.3 Å². The van der Waals surface area contributed by atoms with Gasteiger partial charge in [-0.3, -0.25) is 4.79 Å². The molecule has 0 N–H and O–H groups in total. The number of allylic oxidation sites excluding steroid dienone is 1. The molecule has 14 heavy (non-hydrogen) atoms. The van der Waals surface area contributed by atoms with Crippen LogP contribution in [-0.2, 0) is 4.79 Å². The number of carbonyl (C=O) groups is 1. The largest absolute Gasteiger partial charge is 0.383 e. The van der Waals surface area contributed by atoms with Gasteiger partial charge >= 0.3 is 0 Å². The highest BCUT2D eigenvalue weighted by atomic mass is 35.5. The molecule has 0 radical (unpaired) electrons. The molecule has 0 aliphatic heterocycles. The van der Waals surface area contributed by atoms with Crippen molar-refractivity contribution in [3.8, 4) is 0 Å². The molecule has 0 aromatic heterocycles. The molecule has 0 amide bonds. The Balaban J connectivity index is 3.13. The van der Waals surface area contributed by atoms with Crippen LogP contribution in [0.2, 0.25) is 5.02 Å². The van der Waals surface area contributed by atoms with Crippen molar-refractivity contribution in [3.05, 3.63) is 41.1 Å². The van der Waals surface area contributed by atoms with Crippen molar-refractivity contribution in [2.75, 3.05) is 14.1 Å². The number of hydrogen-bond acceptors (Lipinski definition) is 2. The number of halogens is 1. The van der Waals surface area contributed by atoms with Gasteiger partial charge in [0.05, 0.1) is 0 Å². The Hall–Kier alpha value is -1.28. The average Bonchev–Trinajstić information content (AvgIpc) is 2.15. The normalized spacial score (nSPS) is 11.2. The minimum Gasteiger partial charge on any atom is -0.383 e. The Morgan fingerprint density at radius 2 is 2.00 bits per heavy atom. The molecule has 0 fully saturated rings. The fourth-order valence-corrected chi connectivity index (χ4v) is 1.38. The Bertz CT molecular complexity index is 358. The molecule has 0 aliphatic carbocycles. The van der Waals surface area contributed by atoms with Crippen LogP contribution in [0.4, 0.5) is 0 Å². The van der Waals surface area contributed by atoms with E-state index in [0.29, 0.717) is 10.6 Å². The monoisotopic (exact) mass is 209 g/mol. The van der Waals surface area contributed by atoms with Crippen molar-refractivity contribution in [1.29, 1.82) is 0 Å². The fraction of sp³-hybridized carbons (Fsp3) is 0.182. The first kappa shape index (κ1) is 10.8. The van der Waals surface area contributed by atoms with E-state index in [1.807, 2.05) is 37.2 Å². The quantitative estimate of drug-likeness (QED) is 0.563. The van der Waals surface area contributed by atoms with Crippen LogP contribution in [0.15, 0.2) is 30.5 Å². The summed E-state index contributed by atoms with van der Waals surface area (Å²) in [6.45, 7) is 0. The zero-order valence-electron chi connectivity index (χ0n) is 8.20. The molecule has 1 aromatic carbocycles. The lowest BCUT2D eigenvalue weighted by Crippen LogP contribution is -2.03. The fourth-order valence-electron chi connectivity index (χ4n) is 1.14. The van der Waals surface area contributed by atoms with Crippen molar-refractivity contribution < 1.29 is 4.79 Å². The van der Waals surface area contributed by atoms with Crippen LogP contribution in [0, 0.1) is 0 Å². The molecule has 0 saturated heterocycles. The number of nitrogens with zero attached hydrogens (tertiary/aromatic N) is 1. The minimum atomic E-state index is 0.584. The predicted molar refractivity (Wildman–Crippen MR) is 59.2 cm³/mol. The summed E-state index contributed by atoms with van der Waals surface area (Å²) in [5.74, 6) is 0. The van der Waals surface area contributed by atoms with Crippen LogP contribution in [0.5, 0.6) is 0 Å². The molecule has 1 rings (SSSR count). The molecule has 0 unspecified atom stereocenters. The van der Waals surface area contributed by atoms with E-state index >= 15 is 0 Å². The van der Waals surface area contributed by atoms with Gasteiger partial charge in [-0.1, -0.05) is 29.8 Å². The number of aldehydes is 1. The first-order valence-corrected chi connectivity index (χ1v) is 4.61. The van der Waals surface area contributed by atoms with Crippen LogP contribution < -0.4 is 0 Å². The van der Waals surface area contributed by atoms with Crippen LogP contribution in [0.25, 0.3) is 5.57 Å². The third kappa shape index (κ3) is 2.60. The van der Waals surface area contributed by atoms with E-state index in [1.54, 1.807) is 12.3 Å². The Labute approximate surface area is 88.8 Å². The van der Waals surface area contributed by atoms with Gasteiger partial charge in [0, 0.05) is 36.5 Å². The van der Waals surface area contributed by atoms with Crippen molar-refractivity contribution in [2.45, 2.75) is 0 Å². The molecule has 1 aromatic rings. The number of carbonyl (C=O) groups excluding carboxylic acids is 1. The SMILES string of the molecule is CN(C)C=C(C=O)c1ccccc1Cl. The molecule has 0 heterocycles.